The number of Topliss-reactive ketones (excluding diaryl/α,β-unsaturated/α-hetero) is 3. The molecule has 4 atom stereocenters. The van der Waals surface area contributed by atoms with E-state index in [1.54, 1.807) is 44.2 Å². The van der Waals surface area contributed by atoms with Crippen LogP contribution in [-0.2, 0) is 25.6 Å². The van der Waals surface area contributed by atoms with E-state index in [1.807, 2.05) is 42.5 Å². The summed E-state index contributed by atoms with van der Waals surface area (Å²) in [6.07, 6.45) is 6.52. The Morgan fingerprint density at radius 3 is 2.15 bits per heavy atom. The van der Waals surface area contributed by atoms with Crippen molar-refractivity contribution >= 4 is 48.3 Å². The fourth-order valence-electron chi connectivity index (χ4n) is 9.45. The number of nitrogens with zero attached hydrogens (tertiary/aromatic N) is 3. The molecule has 386 valence electrons. The molecule has 17 heteroatoms. The van der Waals surface area contributed by atoms with Crippen molar-refractivity contribution in [3.63, 3.8) is 0 Å². The number of carbonyl (C=O) groups is 5. The number of amides is 2. The number of pyridine rings is 1. The normalized spacial score (nSPS) is 17.5. The summed E-state index contributed by atoms with van der Waals surface area (Å²) in [6, 6.07) is 19.7. The number of nitrogen functional groups attached to an aromatic ring is 1. The zero-order valence-corrected chi connectivity index (χ0v) is 42.9. The van der Waals surface area contributed by atoms with Crippen LogP contribution in [0.25, 0.3) is 22.4 Å². The van der Waals surface area contributed by atoms with Crippen LogP contribution in [0.3, 0.4) is 0 Å². The molecule has 2 aliphatic rings. The first kappa shape index (κ1) is 56.6. The minimum Gasteiger partial charge on any atom is -0.493 e. The van der Waals surface area contributed by atoms with Crippen LogP contribution >= 0.6 is 13.5 Å². The van der Waals surface area contributed by atoms with Gasteiger partial charge in [0.15, 0.2) is 17.3 Å². The third kappa shape index (κ3) is 14.7. The third-order valence-electron chi connectivity index (χ3n) is 13.3. The molecule has 6 rings (SSSR count). The second kappa shape index (κ2) is 27.5. The number of carbonyl (C=O) groups excluding carboxylic acids is 5. The number of rotatable bonds is 21. The van der Waals surface area contributed by atoms with Crippen molar-refractivity contribution < 1.29 is 38.2 Å². The Balaban J connectivity index is 0.00000963. The molecule has 0 unspecified atom stereocenters. The number of hydrogen-bond donors (Lipinski definition) is 5. The first-order valence-electron chi connectivity index (χ1n) is 25.0. The first-order valence-corrected chi connectivity index (χ1v) is 25.0. The Bertz CT molecular complexity index is 2540. The summed E-state index contributed by atoms with van der Waals surface area (Å²) in [5.74, 6) is -2.42. The average molecular weight is 1010 g/mol. The molecular weight excluding hydrogens is 933 g/mol. The molecule has 4 aromatic rings. The summed E-state index contributed by atoms with van der Waals surface area (Å²) in [6.45, 7) is 4.72. The molecule has 1 aliphatic heterocycles. The number of nitrogens with two attached hydrogens (primary N) is 4. The van der Waals surface area contributed by atoms with Gasteiger partial charge in [-0.3, -0.25) is 29.0 Å². The van der Waals surface area contributed by atoms with Crippen LogP contribution < -0.4 is 42.5 Å². The minimum atomic E-state index is -1.25. The average Bonchev–Trinajstić information content (AvgIpc) is 3.35. The van der Waals surface area contributed by atoms with Crippen LogP contribution in [0, 0.1) is 30.1 Å². The lowest BCUT2D eigenvalue weighted by atomic mass is 9.88. The predicted octanol–water partition coefficient (Wildman–Crippen LogP) is 6.83. The molecule has 3 aromatic carbocycles. The largest absolute Gasteiger partial charge is 0.493 e. The quantitative estimate of drug-likeness (QED) is 0.0423. The Labute approximate surface area is 430 Å². The second-order valence-electron chi connectivity index (χ2n) is 18.7. The van der Waals surface area contributed by atoms with Gasteiger partial charge in [-0.15, -0.1) is 0 Å². The Hall–Kier alpha value is -6.32. The Kier molecular flexibility index (Phi) is 21.6. The van der Waals surface area contributed by atoms with E-state index in [0.29, 0.717) is 77.7 Å². The molecule has 9 N–H and O–H groups in total. The molecule has 72 heavy (non-hydrogen) atoms. The fraction of sp³-hybridized carbons (Fsp3) is 0.473. The summed E-state index contributed by atoms with van der Waals surface area (Å²) in [7, 11) is 1.51. The van der Waals surface area contributed by atoms with Crippen LogP contribution in [0.4, 0.5) is 5.69 Å². The van der Waals surface area contributed by atoms with Crippen molar-refractivity contribution in [2.75, 3.05) is 45.6 Å². The second-order valence-corrected chi connectivity index (χ2v) is 18.7. The number of ketones is 3. The third-order valence-corrected chi connectivity index (χ3v) is 13.3. The summed E-state index contributed by atoms with van der Waals surface area (Å²) in [4.78, 5) is 77.6. The highest BCUT2D eigenvalue weighted by molar-refractivity contribution is 7.59. The fourth-order valence-corrected chi connectivity index (χ4v) is 9.45. The molecular formula is C55H72N8O8S. The summed E-state index contributed by atoms with van der Waals surface area (Å²) >= 11 is 0. The van der Waals surface area contributed by atoms with Crippen LogP contribution in [-0.4, -0.2) is 91.1 Å². The van der Waals surface area contributed by atoms with E-state index in [9.17, 15) is 29.2 Å². The monoisotopic (exact) mass is 1000 g/mol. The van der Waals surface area contributed by atoms with Gasteiger partial charge in [0.1, 0.15) is 23.3 Å². The lowest BCUT2D eigenvalue weighted by molar-refractivity contribution is -0.142. The number of ether oxygens (including phenoxy) is 3. The van der Waals surface area contributed by atoms with E-state index in [1.165, 1.54) is 31.2 Å². The molecule has 2 amide bonds. The number of aryl methyl sites for hydroxylation is 1. The van der Waals surface area contributed by atoms with Crippen molar-refractivity contribution in [1.82, 2.24) is 15.2 Å². The van der Waals surface area contributed by atoms with Crippen molar-refractivity contribution in [2.24, 2.45) is 29.0 Å². The Morgan fingerprint density at radius 1 is 0.875 bits per heavy atom. The molecule has 4 bridgehead atoms. The Morgan fingerprint density at radius 2 is 1.53 bits per heavy atom. The molecule has 1 aromatic heterocycles. The maximum absolute atomic E-state index is 14.9. The number of anilines is 1. The minimum absolute atomic E-state index is 0. The van der Waals surface area contributed by atoms with E-state index in [-0.39, 0.29) is 88.3 Å². The van der Waals surface area contributed by atoms with Crippen molar-refractivity contribution in [2.45, 2.75) is 116 Å². The van der Waals surface area contributed by atoms with Gasteiger partial charge in [-0.1, -0.05) is 25.5 Å². The molecule has 1 saturated carbocycles. The maximum atomic E-state index is 14.9. The van der Waals surface area contributed by atoms with Crippen LogP contribution in [0.5, 0.6) is 17.2 Å². The summed E-state index contributed by atoms with van der Waals surface area (Å²) in [5, 5.41) is 12.2. The van der Waals surface area contributed by atoms with Gasteiger partial charge >= 0.3 is 0 Å². The highest BCUT2D eigenvalue weighted by Crippen LogP contribution is 2.41. The first-order chi connectivity index (χ1) is 34.3. The van der Waals surface area contributed by atoms with Crippen molar-refractivity contribution in [1.29, 1.82) is 5.26 Å². The van der Waals surface area contributed by atoms with Gasteiger partial charge in [0.25, 0.3) is 0 Å². The van der Waals surface area contributed by atoms with E-state index < -0.39 is 47.3 Å². The van der Waals surface area contributed by atoms with Crippen molar-refractivity contribution in [3.8, 4) is 45.7 Å². The van der Waals surface area contributed by atoms with E-state index in [0.717, 1.165) is 24.2 Å². The standard InChI is InChI=1S/C55H70N8O8.H2S/c1-34-28-49(66)53(63(3)55(68)39(21-25-59)32-48(65)52-35(2)61-45(33-44(52)60)37-14-17-41(18-15-37)71-40-10-5-4-6-11-40)38-16-20-51(70-27-9-24-58)43(31-38)42-29-36(13-19-50(42)69-26-8-23-57)30-46(62-54(34)67)47(64)12-7-22-56;/h13-20,29,31,33-34,39-40,46,53H,4-12,21,23-28,30,32,57-59H2,1-3H3,(H2,60,61)(H,62,67);1H2/t34-,39-,46+,53+;/m1./s1. The van der Waals surface area contributed by atoms with E-state index in [2.05, 4.69) is 5.32 Å². The molecule has 1 aliphatic carbocycles. The SMILES string of the molecule is Cc1nc(-c2ccc(OC3CCCCC3)cc2)cc(N)c1C(=O)C[C@@H](CCN)C(=O)N(C)[C@@H]1C(=O)C[C@@H](C)C(=O)N[C@H](C(=O)CCC#N)Cc2ccc(OCCCN)c(c2)-c2cc1ccc2OCCCN.S. The molecule has 0 radical (unpaired) electrons. The topological polar surface area (TPSA) is 269 Å². The number of nitrogens with one attached hydrogen (secondary N) is 1. The van der Waals surface area contributed by atoms with Gasteiger partial charge in [-0.05, 0) is 144 Å². The highest BCUT2D eigenvalue weighted by atomic mass is 32.1. The highest BCUT2D eigenvalue weighted by Gasteiger charge is 2.36. The van der Waals surface area contributed by atoms with Gasteiger partial charge in [-0.25, -0.2) is 0 Å². The summed E-state index contributed by atoms with van der Waals surface area (Å²) < 4.78 is 18.8. The number of likely N-dealkylation sites (N-methyl/N-ethyl adjacent to an activating group) is 1. The molecule has 0 spiro atoms. The van der Waals surface area contributed by atoms with Gasteiger partial charge in [-0.2, -0.15) is 18.8 Å². The van der Waals surface area contributed by atoms with Gasteiger partial charge < -0.3 is 47.4 Å². The molecule has 0 saturated heterocycles. The van der Waals surface area contributed by atoms with Gasteiger partial charge in [0.2, 0.25) is 11.8 Å². The lowest BCUT2D eigenvalue weighted by Gasteiger charge is -2.32. The molecule has 16 nitrogen and oxygen atoms in total. The lowest BCUT2D eigenvalue weighted by Crippen LogP contribution is -2.46. The number of nitriles is 1. The molecule has 1 fully saturated rings. The maximum Gasteiger partial charge on any atom is 0.226 e. The van der Waals surface area contributed by atoms with Crippen LogP contribution in [0.1, 0.15) is 117 Å². The number of hydrogen-bond acceptors (Lipinski definition) is 14. The zero-order chi connectivity index (χ0) is 51.0. The molecule has 2 heterocycles. The van der Waals surface area contributed by atoms with Gasteiger partial charge in [0.05, 0.1) is 48.4 Å². The van der Waals surface area contributed by atoms with E-state index in [4.69, 9.17) is 42.1 Å². The van der Waals surface area contributed by atoms with Gasteiger partial charge in [0, 0.05) is 66.9 Å². The van der Waals surface area contributed by atoms with Crippen LogP contribution in [0.15, 0.2) is 66.7 Å². The number of benzene rings is 3. The van der Waals surface area contributed by atoms with Crippen LogP contribution in [0.2, 0.25) is 0 Å². The summed E-state index contributed by atoms with van der Waals surface area (Å²) in [5.41, 5.74) is 28.8. The zero-order valence-electron chi connectivity index (χ0n) is 41.9. The predicted molar refractivity (Wildman–Crippen MR) is 283 cm³/mol. The van der Waals surface area contributed by atoms with Crippen molar-refractivity contribution in [3.05, 3.63) is 89.1 Å². The number of fused-ring (bicyclic) bond motifs is 5. The smallest absolute Gasteiger partial charge is 0.226 e. The number of aromatic nitrogens is 1. The van der Waals surface area contributed by atoms with E-state index >= 15 is 0 Å².